The van der Waals surface area contributed by atoms with Crippen LogP contribution in [0, 0.1) is 5.92 Å². The Balaban J connectivity index is 1.61. The van der Waals surface area contributed by atoms with Crippen LogP contribution in [0.1, 0.15) is 33.6 Å². The number of rotatable bonds is 5. The zero-order chi connectivity index (χ0) is 17.1. The second-order valence-corrected chi connectivity index (χ2v) is 5.68. The molecule has 0 unspecified atom stereocenters. The van der Waals surface area contributed by atoms with Gasteiger partial charge in [0.05, 0.1) is 5.56 Å². The molecule has 0 heterocycles. The number of hydrogen-bond donors (Lipinski definition) is 3. The van der Waals surface area contributed by atoms with Crippen LogP contribution in [0.25, 0.3) is 0 Å². The molecule has 0 aromatic heterocycles. The van der Waals surface area contributed by atoms with Crippen molar-refractivity contribution in [2.24, 2.45) is 5.92 Å². The Hall–Kier alpha value is -3.15. The number of anilines is 2. The number of benzene rings is 2. The standard InChI is InChI=1S/C18H16N2O4/c21-16(11-1-2-11)19-14-7-3-12(4-8-14)17(22)20-15-9-5-13(6-10-15)18(23)24/h3-11H,1-2H2,(H,19,21)(H,20,22)(H,23,24). The maximum atomic E-state index is 12.2. The van der Waals surface area contributed by atoms with Crippen LogP contribution in [0.5, 0.6) is 0 Å². The van der Waals surface area contributed by atoms with Gasteiger partial charge in [-0.3, -0.25) is 9.59 Å². The second kappa shape index (κ2) is 6.54. The summed E-state index contributed by atoms with van der Waals surface area (Å²) in [6, 6.07) is 12.5. The Morgan fingerprint density at radius 1 is 0.792 bits per heavy atom. The van der Waals surface area contributed by atoms with Gasteiger partial charge in [-0.1, -0.05) is 0 Å². The quantitative estimate of drug-likeness (QED) is 0.788. The highest BCUT2D eigenvalue weighted by molar-refractivity contribution is 6.05. The van der Waals surface area contributed by atoms with E-state index in [1.54, 1.807) is 24.3 Å². The summed E-state index contributed by atoms with van der Waals surface area (Å²) in [6.45, 7) is 0. The monoisotopic (exact) mass is 324 g/mol. The van der Waals surface area contributed by atoms with Crippen molar-refractivity contribution in [3.05, 3.63) is 59.7 Å². The molecule has 2 amide bonds. The minimum Gasteiger partial charge on any atom is -0.478 e. The van der Waals surface area contributed by atoms with Gasteiger partial charge in [0.15, 0.2) is 0 Å². The summed E-state index contributed by atoms with van der Waals surface area (Å²) >= 11 is 0. The van der Waals surface area contributed by atoms with Crippen LogP contribution < -0.4 is 10.6 Å². The Morgan fingerprint density at radius 3 is 1.79 bits per heavy atom. The van der Waals surface area contributed by atoms with Gasteiger partial charge in [0, 0.05) is 22.9 Å². The van der Waals surface area contributed by atoms with E-state index >= 15 is 0 Å². The van der Waals surface area contributed by atoms with E-state index in [1.807, 2.05) is 0 Å². The fourth-order valence-electron chi connectivity index (χ4n) is 2.19. The third-order valence-corrected chi connectivity index (χ3v) is 3.75. The van der Waals surface area contributed by atoms with Gasteiger partial charge in [0.25, 0.3) is 5.91 Å². The first-order chi connectivity index (χ1) is 11.5. The summed E-state index contributed by atoms with van der Waals surface area (Å²) in [6.07, 6.45) is 1.87. The van der Waals surface area contributed by atoms with Crippen molar-refractivity contribution in [1.29, 1.82) is 0 Å². The molecular weight excluding hydrogens is 308 g/mol. The lowest BCUT2D eigenvalue weighted by atomic mass is 10.1. The Kier molecular flexibility index (Phi) is 4.29. The van der Waals surface area contributed by atoms with Crippen molar-refractivity contribution >= 4 is 29.2 Å². The molecule has 0 bridgehead atoms. The number of amides is 2. The molecule has 6 heteroatoms. The van der Waals surface area contributed by atoms with Crippen molar-refractivity contribution in [3.8, 4) is 0 Å². The number of carboxylic acid groups (broad SMARTS) is 1. The molecule has 122 valence electrons. The molecule has 0 radical (unpaired) electrons. The van der Waals surface area contributed by atoms with Gasteiger partial charge in [-0.2, -0.15) is 0 Å². The molecule has 0 aliphatic heterocycles. The molecule has 3 N–H and O–H groups in total. The predicted octanol–water partition coefficient (Wildman–Crippen LogP) is 2.99. The second-order valence-electron chi connectivity index (χ2n) is 5.68. The first kappa shape index (κ1) is 15.7. The third kappa shape index (κ3) is 3.78. The summed E-state index contributed by atoms with van der Waals surface area (Å²) in [5.74, 6) is -1.18. The predicted molar refractivity (Wildman–Crippen MR) is 89.2 cm³/mol. The van der Waals surface area contributed by atoms with Crippen LogP contribution in [-0.4, -0.2) is 22.9 Å². The van der Waals surface area contributed by atoms with Gasteiger partial charge in [0.1, 0.15) is 0 Å². The van der Waals surface area contributed by atoms with Gasteiger partial charge < -0.3 is 15.7 Å². The van der Waals surface area contributed by atoms with E-state index in [2.05, 4.69) is 10.6 Å². The third-order valence-electron chi connectivity index (χ3n) is 3.75. The zero-order valence-corrected chi connectivity index (χ0v) is 12.8. The first-order valence-electron chi connectivity index (χ1n) is 7.58. The molecule has 1 saturated carbocycles. The molecule has 1 fully saturated rings. The van der Waals surface area contributed by atoms with Crippen molar-refractivity contribution in [2.45, 2.75) is 12.8 Å². The van der Waals surface area contributed by atoms with E-state index in [1.165, 1.54) is 24.3 Å². The van der Waals surface area contributed by atoms with E-state index < -0.39 is 5.97 Å². The van der Waals surface area contributed by atoms with E-state index in [0.29, 0.717) is 16.9 Å². The summed E-state index contributed by atoms with van der Waals surface area (Å²) in [4.78, 5) is 34.6. The Labute approximate surface area is 138 Å². The number of carbonyl (C=O) groups is 3. The van der Waals surface area contributed by atoms with Gasteiger partial charge in [-0.15, -0.1) is 0 Å². The van der Waals surface area contributed by atoms with E-state index in [4.69, 9.17) is 5.11 Å². The summed E-state index contributed by atoms with van der Waals surface area (Å²) in [5, 5.41) is 14.3. The van der Waals surface area contributed by atoms with Gasteiger partial charge in [-0.05, 0) is 61.4 Å². The van der Waals surface area contributed by atoms with E-state index in [-0.39, 0.29) is 23.3 Å². The van der Waals surface area contributed by atoms with Gasteiger partial charge >= 0.3 is 5.97 Å². The first-order valence-corrected chi connectivity index (χ1v) is 7.58. The summed E-state index contributed by atoms with van der Waals surface area (Å²) < 4.78 is 0. The Bertz CT molecular complexity index is 778. The molecule has 0 atom stereocenters. The molecule has 2 aromatic rings. The number of carbonyl (C=O) groups excluding carboxylic acids is 2. The highest BCUT2D eigenvalue weighted by Gasteiger charge is 2.29. The van der Waals surface area contributed by atoms with E-state index in [0.717, 1.165) is 12.8 Å². The normalized spacial score (nSPS) is 13.2. The lowest BCUT2D eigenvalue weighted by Crippen LogP contribution is -2.14. The van der Waals surface area contributed by atoms with Crippen molar-refractivity contribution in [3.63, 3.8) is 0 Å². The van der Waals surface area contributed by atoms with Crippen LogP contribution in [-0.2, 0) is 4.79 Å². The maximum absolute atomic E-state index is 12.2. The zero-order valence-electron chi connectivity index (χ0n) is 12.8. The smallest absolute Gasteiger partial charge is 0.335 e. The van der Waals surface area contributed by atoms with Crippen molar-refractivity contribution in [2.75, 3.05) is 10.6 Å². The minimum absolute atomic E-state index is 0.0192. The molecule has 0 saturated heterocycles. The lowest BCUT2D eigenvalue weighted by Gasteiger charge is -2.07. The largest absolute Gasteiger partial charge is 0.478 e. The van der Waals surface area contributed by atoms with Crippen molar-refractivity contribution in [1.82, 2.24) is 0 Å². The number of carboxylic acids is 1. The Morgan fingerprint density at radius 2 is 1.29 bits per heavy atom. The molecule has 24 heavy (non-hydrogen) atoms. The SMILES string of the molecule is O=C(O)c1ccc(NC(=O)c2ccc(NC(=O)C3CC3)cc2)cc1. The fraction of sp³-hybridized carbons (Fsp3) is 0.167. The van der Waals surface area contributed by atoms with Crippen LogP contribution in [0.15, 0.2) is 48.5 Å². The molecule has 3 rings (SSSR count). The van der Waals surface area contributed by atoms with Gasteiger partial charge in [0.2, 0.25) is 5.91 Å². The molecule has 1 aliphatic rings. The van der Waals surface area contributed by atoms with Crippen LogP contribution >= 0.6 is 0 Å². The fourth-order valence-corrected chi connectivity index (χ4v) is 2.19. The number of hydrogen-bond acceptors (Lipinski definition) is 3. The summed E-state index contributed by atoms with van der Waals surface area (Å²) in [7, 11) is 0. The maximum Gasteiger partial charge on any atom is 0.335 e. The number of aromatic carboxylic acids is 1. The van der Waals surface area contributed by atoms with Crippen molar-refractivity contribution < 1.29 is 19.5 Å². The van der Waals surface area contributed by atoms with Crippen LogP contribution in [0.4, 0.5) is 11.4 Å². The molecular formula is C18H16N2O4. The minimum atomic E-state index is -1.02. The highest BCUT2D eigenvalue weighted by atomic mass is 16.4. The topological polar surface area (TPSA) is 95.5 Å². The van der Waals surface area contributed by atoms with E-state index in [9.17, 15) is 14.4 Å². The molecule has 2 aromatic carbocycles. The van der Waals surface area contributed by atoms with Crippen LogP contribution in [0.2, 0.25) is 0 Å². The average Bonchev–Trinajstić information content (AvgIpc) is 3.41. The number of nitrogens with one attached hydrogen (secondary N) is 2. The molecule has 0 spiro atoms. The lowest BCUT2D eigenvalue weighted by molar-refractivity contribution is -0.117. The molecule has 6 nitrogen and oxygen atoms in total. The average molecular weight is 324 g/mol. The summed E-state index contributed by atoms with van der Waals surface area (Å²) in [5.41, 5.74) is 1.77. The van der Waals surface area contributed by atoms with Crippen LogP contribution in [0.3, 0.4) is 0 Å². The molecule has 1 aliphatic carbocycles. The van der Waals surface area contributed by atoms with Gasteiger partial charge in [-0.25, -0.2) is 4.79 Å². The highest BCUT2D eigenvalue weighted by Crippen LogP contribution is 2.30.